The molecule has 6 heteroatoms. The fourth-order valence-corrected chi connectivity index (χ4v) is 3.56. The number of hydrogen-bond acceptors (Lipinski definition) is 3. The van der Waals surface area contributed by atoms with Crippen LogP contribution < -0.4 is 10.1 Å². The third kappa shape index (κ3) is 4.27. The number of halogens is 2. The SMILES string of the molecule is COc1cccc(C2CCCN2CC(=O)Nc2cccc(Cl)c2Cl)c1. The Balaban J connectivity index is 1.68. The zero-order valence-corrected chi connectivity index (χ0v) is 15.5. The van der Waals surface area contributed by atoms with Crippen LogP contribution in [0.2, 0.25) is 10.0 Å². The summed E-state index contributed by atoms with van der Waals surface area (Å²) in [6.45, 7) is 1.20. The van der Waals surface area contributed by atoms with Crippen molar-refractivity contribution in [1.82, 2.24) is 4.90 Å². The van der Waals surface area contributed by atoms with Crippen molar-refractivity contribution in [2.75, 3.05) is 25.5 Å². The van der Waals surface area contributed by atoms with E-state index in [0.717, 1.165) is 25.1 Å². The first kappa shape index (κ1) is 18.1. The van der Waals surface area contributed by atoms with Gasteiger partial charge in [0.2, 0.25) is 5.91 Å². The molecule has 1 fully saturated rings. The monoisotopic (exact) mass is 378 g/mol. The Labute approximate surface area is 157 Å². The number of carbonyl (C=O) groups excluding carboxylic acids is 1. The Morgan fingerprint density at radius 1 is 1.28 bits per heavy atom. The van der Waals surface area contributed by atoms with Crippen molar-refractivity contribution in [3.8, 4) is 5.75 Å². The number of carbonyl (C=O) groups is 1. The lowest BCUT2D eigenvalue weighted by atomic mass is 10.0. The molecule has 0 aromatic heterocycles. The summed E-state index contributed by atoms with van der Waals surface area (Å²) in [5.41, 5.74) is 1.71. The first-order valence-electron chi connectivity index (χ1n) is 8.20. The van der Waals surface area contributed by atoms with E-state index in [9.17, 15) is 4.79 Å². The minimum Gasteiger partial charge on any atom is -0.497 e. The molecule has 132 valence electrons. The molecule has 2 aromatic rings. The number of amides is 1. The second-order valence-electron chi connectivity index (χ2n) is 6.05. The van der Waals surface area contributed by atoms with E-state index < -0.39 is 0 Å². The van der Waals surface area contributed by atoms with Gasteiger partial charge in [0, 0.05) is 6.04 Å². The fraction of sp³-hybridized carbons (Fsp3) is 0.316. The molecule has 4 nitrogen and oxygen atoms in total. The van der Waals surface area contributed by atoms with Gasteiger partial charge in [-0.3, -0.25) is 9.69 Å². The summed E-state index contributed by atoms with van der Waals surface area (Å²) in [5.74, 6) is 0.735. The summed E-state index contributed by atoms with van der Waals surface area (Å²) in [4.78, 5) is 14.6. The number of hydrogen-bond donors (Lipinski definition) is 1. The van der Waals surface area contributed by atoms with Gasteiger partial charge in [0.1, 0.15) is 5.75 Å². The van der Waals surface area contributed by atoms with Crippen LogP contribution in [0, 0.1) is 0 Å². The van der Waals surface area contributed by atoms with Gasteiger partial charge in [0.05, 0.1) is 29.4 Å². The van der Waals surface area contributed by atoms with Gasteiger partial charge in [0.15, 0.2) is 0 Å². The van der Waals surface area contributed by atoms with Crippen molar-refractivity contribution in [3.05, 3.63) is 58.1 Å². The predicted octanol–water partition coefficient (Wildman–Crippen LogP) is 4.78. The van der Waals surface area contributed by atoms with E-state index in [1.165, 1.54) is 5.56 Å². The second-order valence-corrected chi connectivity index (χ2v) is 6.84. The quantitative estimate of drug-likeness (QED) is 0.813. The molecule has 0 bridgehead atoms. The van der Waals surface area contributed by atoms with E-state index in [1.807, 2.05) is 18.2 Å². The Hall–Kier alpha value is -1.75. The van der Waals surface area contributed by atoms with Gasteiger partial charge >= 0.3 is 0 Å². The molecule has 25 heavy (non-hydrogen) atoms. The topological polar surface area (TPSA) is 41.6 Å². The number of ether oxygens (including phenoxy) is 1. The van der Waals surface area contributed by atoms with Gasteiger partial charge in [-0.05, 0) is 49.2 Å². The highest BCUT2D eigenvalue weighted by Gasteiger charge is 2.28. The lowest BCUT2D eigenvalue weighted by Gasteiger charge is -2.24. The van der Waals surface area contributed by atoms with E-state index >= 15 is 0 Å². The van der Waals surface area contributed by atoms with Gasteiger partial charge in [-0.1, -0.05) is 41.4 Å². The van der Waals surface area contributed by atoms with Crippen LogP contribution in [0.5, 0.6) is 5.75 Å². The van der Waals surface area contributed by atoms with Crippen LogP contribution in [-0.2, 0) is 4.79 Å². The van der Waals surface area contributed by atoms with Crippen LogP contribution in [0.1, 0.15) is 24.4 Å². The predicted molar refractivity (Wildman–Crippen MR) is 102 cm³/mol. The number of nitrogens with one attached hydrogen (secondary N) is 1. The van der Waals surface area contributed by atoms with E-state index in [1.54, 1.807) is 25.3 Å². The average Bonchev–Trinajstić information content (AvgIpc) is 3.07. The van der Waals surface area contributed by atoms with Crippen LogP contribution in [0.25, 0.3) is 0 Å². The number of benzene rings is 2. The first-order valence-corrected chi connectivity index (χ1v) is 8.96. The summed E-state index contributed by atoms with van der Waals surface area (Å²) in [7, 11) is 1.66. The maximum atomic E-state index is 12.5. The molecule has 1 aliphatic heterocycles. The third-order valence-electron chi connectivity index (χ3n) is 4.41. The molecule has 1 N–H and O–H groups in total. The standard InChI is InChI=1S/C19H20Cl2N2O2/c1-25-14-6-2-5-13(11-14)17-9-4-10-23(17)12-18(24)22-16-8-3-7-15(20)19(16)21/h2-3,5-8,11,17H,4,9-10,12H2,1H3,(H,22,24). The summed E-state index contributed by atoms with van der Waals surface area (Å²) >= 11 is 12.1. The maximum Gasteiger partial charge on any atom is 0.238 e. The molecular formula is C19H20Cl2N2O2. The Morgan fingerprint density at radius 2 is 2.08 bits per heavy atom. The highest BCUT2D eigenvalue weighted by Crippen LogP contribution is 2.33. The molecule has 0 spiro atoms. The smallest absolute Gasteiger partial charge is 0.238 e. The average molecular weight is 379 g/mol. The molecule has 1 saturated heterocycles. The fourth-order valence-electron chi connectivity index (χ4n) is 3.22. The van der Waals surface area contributed by atoms with Gasteiger partial charge in [-0.25, -0.2) is 0 Å². The van der Waals surface area contributed by atoms with Crippen molar-refractivity contribution in [2.45, 2.75) is 18.9 Å². The Bertz CT molecular complexity index is 767. The minimum atomic E-state index is -0.0982. The molecule has 2 aromatic carbocycles. The van der Waals surface area contributed by atoms with E-state index in [2.05, 4.69) is 16.3 Å². The molecular weight excluding hydrogens is 359 g/mol. The lowest BCUT2D eigenvalue weighted by molar-refractivity contribution is -0.117. The molecule has 1 amide bonds. The Morgan fingerprint density at radius 3 is 2.88 bits per heavy atom. The van der Waals surface area contributed by atoms with Gasteiger partial charge < -0.3 is 10.1 Å². The van der Waals surface area contributed by atoms with Crippen LogP contribution in [0.15, 0.2) is 42.5 Å². The van der Waals surface area contributed by atoms with Crippen LogP contribution in [0.4, 0.5) is 5.69 Å². The first-order chi connectivity index (χ1) is 12.1. The van der Waals surface area contributed by atoms with Crippen molar-refractivity contribution in [1.29, 1.82) is 0 Å². The van der Waals surface area contributed by atoms with Crippen molar-refractivity contribution < 1.29 is 9.53 Å². The van der Waals surface area contributed by atoms with E-state index in [0.29, 0.717) is 22.3 Å². The molecule has 1 aliphatic rings. The van der Waals surface area contributed by atoms with Gasteiger partial charge in [0.25, 0.3) is 0 Å². The van der Waals surface area contributed by atoms with Crippen molar-refractivity contribution in [3.63, 3.8) is 0 Å². The number of likely N-dealkylation sites (tertiary alicyclic amines) is 1. The summed E-state index contributed by atoms with van der Waals surface area (Å²) in [6, 6.07) is 13.4. The molecule has 0 saturated carbocycles. The highest BCUT2D eigenvalue weighted by molar-refractivity contribution is 6.44. The summed E-state index contributed by atoms with van der Waals surface area (Å²) in [6.07, 6.45) is 2.09. The van der Waals surface area contributed by atoms with E-state index in [4.69, 9.17) is 27.9 Å². The number of nitrogens with zero attached hydrogens (tertiary/aromatic N) is 1. The minimum absolute atomic E-state index is 0.0982. The Kier molecular flexibility index (Phi) is 5.84. The normalized spacial score (nSPS) is 17.5. The highest BCUT2D eigenvalue weighted by atomic mass is 35.5. The van der Waals surface area contributed by atoms with Crippen molar-refractivity contribution in [2.24, 2.45) is 0 Å². The zero-order valence-electron chi connectivity index (χ0n) is 14.0. The van der Waals surface area contributed by atoms with E-state index in [-0.39, 0.29) is 11.9 Å². The summed E-state index contributed by atoms with van der Waals surface area (Å²) in [5, 5.41) is 3.64. The van der Waals surface area contributed by atoms with Crippen molar-refractivity contribution >= 4 is 34.8 Å². The van der Waals surface area contributed by atoms with Gasteiger partial charge in [-0.2, -0.15) is 0 Å². The van der Waals surface area contributed by atoms with Crippen LogP contribution in [-0.4, -0.2) is 31.0 Å². The number of anilines is 1. The van der Waals surface area contributed by atoms with Crippen LogP contribution in [0.3, 0.4) is 0 Å². The molecule has 0 aliphatic carbocycles. The largest absolute Gasteiger partial charge is 0.497 e. The molecule has 1 unspecified atom stereocenters. The molecule has 1 heterocycles. The number of methoxy groups -OCH3 is 1. The third-order valence-corrected chi connectivity index (χ3v) is 5.23. The zero-order chi connectivity index (χ0) is 17.8. The maximum absolute atomic E-state index is 12.5. The second kappa shape index (κ2) is 8.09. The van der Waals surface area contributed by atoms with Gasteiger partial charge in [-0.15, -0.1) is 0 Å². The molecule has 0 radical (unpaired) electrons. The molecule has 3 rings (SSSR count). The number of rotatable bonds is 5. The van der Waals surface area contributed by atoms with Crippen LogP contribution >= 0.6 is 23.2 Å². The molecule has 1 atom stereocenters. The lowest BCUT2D eigenvalue weighted by Crippen LogP contribution is -2.33. The summed E-state index contributed by atoms with van der Waals surface area (Å²) < 4.78 is 5.31.